The Hall–Kier alpha value is -2.05. The molecule has 18 heavy (non-hydrogen) atoms. The molecule has 92 valence electrons. The fraction of sp³-hybridized carbons (Fsp3) is 0.0833. The third kappa shape index (κ3) is 3.00. The molecule has 0 radical (unpaired) electrons. The molecule has 2 N–H and O–H groups in total. The molecule has 0 bridgehead atoms. The minimum atomic E-state index is -1.59. The zero-order chi connectivity index (χ0) is 13.0. The highest BCUT2D eigenvalue weighted by molar-refractivity contribution is 6.58. The first-order valence-electron chi connectivity index (χ1n) is 5.42. The Morgan fingerprint density at radius 2 is 1.94 bits per heavy atom. The predicted molar refractivity (Wildman–Crippen MR) is 66.3 cm³/mol. The molecule has 0 saturated carbocycles. The molecule has 2 rings (SSSR count). The average Bonchev–Trinajstić information content (AvgIpc) is 2.87. The van der Waals surface area contributed by atoms with Gasteiger partial charge < -0.3 is 14.8 Å². The summed E-state index contributed by atoms with van der Waals surface area (Å²) in [5, 5.41) is 17.8. The van der Waals surface area contributed by atoms with Gasteiger partial charge in [-0.2, -0.15) is 0 Å². The van der Waals surface area contributed by atoms with Crippen molar-refractivity contribution < 1.29 is 19.6 Å². The number of nitrogens with zero attached hydrogens (tertiary/aromatic N) is 1. The van der Waals surface area contributed by atoms with Crippen LogP contribution in [0.4, 0.5) is 4.79 Å². The lowest BCUT2D eigenvalue weighted by Crippen LogP contribution is -2.28. The molecule has 2 aromatic rings. The van der Waals surface area contributed by atoms with E-state index < -0.39 is 13.2 Å². The maximum absolute atomic E-state index is 11.6. The van der Waals surface area contributed by atoms with E-state index in [1.165, 1.54) is 18.5 Å². The van der Waals surface area contributed by atoms with Gasteiger partial charge >= 0.3 is 13.2 Å². The van der Waals surface area contributed by atoms with E-state index in [0.29, 0.717) is 0 Å². The van der Waals surface area contributed by atoms with Crippen molar-refractivity contribution >= 4 is 18.7 Å². The van der Waals surface area contributed by atoms with Crippen LogP contribution in [0.2, 0.25) is 0 Å². The zero-order valence-electron chi connectivity index (χ0n) is 9.56. The van der Waals surface area contributed by atoms with Crippen molar-refractivity contribution in [1.29, 1.82) is 0 Å². The topological polar surface area (TPSA) is 71.7 Å². The van der Waals surface area contributed by atoms with Gasteiger partial charge in [-0.05, 0) is 11.6 Å². The van der Waals surface area contributed by atoms with Gasteiger partial charge in [-0.15, -0.1) is 0 Å². The van der Waals surface area contributed by atoms with E-state index in [9.17, 15) is 4.79 Å². The molecular formula is C12H12BNO4. The van der Waals surface area contributed by atoms with Crippen molar-refractivity contribution in [2.75, 3.05) is 0 Å². The summed E-state index contributed by atoms with van der Waals surface area (Å²) in [4.78, 5) is 11.6. The molecule has 5 nitrogen and oxygen atoms in total. The van der Waals surface area contributed by atoms with Crippen LogP contribution in [0.3, 0.4) is 0 Å². The summed E-state index contributed by atoms with van der Waals surface area (Å²) in [5.41, 5.74) is 1.13. The standard InChI is InChI=1S/C12H12BNO4/c15-12(14-7-6-11(8-14)13(16)17)18-9-10-4-2-1-3-5-10/h1-8,16-17H,9H2. The van der Waals surface area contributed by atoms with Crippen molar-refractivity contribution in [3.63, 3.8) is 0 Å². The highest BCUT2D eigenvalue weighted by Gasteiger charge is 2.14. The van der Waals surface area contributed by atoms with Crippen molar-refractivity contribution in [2.24, 2.45) is 0 Å². The molecule has 1 heterocycles. The second-order valence-corrected chi connectivity index (χ2v) is 3.77. The van der Waals surface area contributed by atoms with Crippen molar-refractivity contribution in [3.05, 3.63) is 54.4 Å². The van der Waals surface area contributed by atoms with Crippen LogP contribution in [0.15, 0.2) is 48.8 Å². The molecule has 0 saturated heterocycles. The van der Waals surface area contributed by atoms with Gasteiger partial charge in [0.1, 0.15) is 6.61 Å². The molecule has 0 spiro atoms. The average molecular weight is 245 g/mol. The first kappa shape index (κ1) is 12.4. The zero-order valence-corrected chi connectivity index (χ0v) is 9.56. The lowest BCUT2D eigenvalue weighted by Gasteiger charge is -2.04. The number of hydrogen-bond donors (Lipinski definition) is 2. The third-order valence-electron chi connectivity index (χ3n) is 2.43. The van der Waals surface area contributed by atoms with Gasteiger partial charge in [-0.3, -0.25) is 4.57 Å². The van der Waals surface area contributed by atoms with Gasteiger partial charge in [0, 0.05) is 17.9 Å². The third-order valence-corrected chi connectivity index (χ3v) is 2.43. The summed E-state index contributed by atoms with van der Waals surface area (Å²) < 4.78 is 6.23. The first-order chi connectivity index (χ1) is 8.66. The maximum atomic E-state index is 11.6. The number of rotatable bonds is 3. The quantitative estimate of drug-likeness (QED) is 0.765. The molecule has 0 aliphatic carbocycles. The molecule has 0 fully saturated rings. The number of benzene rings is 1. The van der Waals surface area contributed by atoms with E-state index in [-0.39, 0.29) is 12.1 Å². The lowest BCUT2D eigenvalue weighted by molar-refractivity contribution is 0.141. The molecule has 0 aliphatic heterocycles. The second kappa shape index (κ2) is 5.53. The van der Waals surface area contributed by atoms with E-state index in [2.05, 4.69) is 0 Å². The first-order valence-corrected chi connectivity index (χ1v) is 5.42. The monoisotopic (exact) mass is 245 g/mol. The van der Waals surface area contributed by atoms with Crippen molar-refractivity contribution in [1.82, 2.24) is 4.57 Å². The minimum Gasteiger partial charge on any atom is -0.444 e. The largest absolute Gasteiger partial charge is 0.490 e. The van der Waals surface area contributed by atoms with Crippen molar-refractivity contribution in [3.8, 4) is 0 Å². The van der Waals surface area contributed by atoms with Crippen LogP contribution in [0.1, 0.15) is 5.56 Å². The molecule has 0 unspecified atom stereocenters. The van der Waals surface area contributed by atoms with Gasteiger partial charge in [-0.1, -0.05) is 30.3 Å². The second-order valence-electron chi connectivity index (χ2n) is 3.77. The van der Waals surface area contributed by atoms with E-state index >= 15 is 0 Å². The summed E-state index contributed by atoms with van der Waals surface area (Å²) in [6.07, 6.45) is 2.17. The number of aromatic nitrogens is 1. The Kier molecular flexibility index (Phi) is 3.81. The number of carbonyl (C=O) groups is 1. The van der Waals surface area contributed by atoms with E-state index in [0.717, 1.165) is 10.1 Å². The van der Waals surface area contributed by atoms with Crippen LogP contribution in [-0.2, 0) is 11.3 Å². The molecule has 6 heteroatoms. The smallest absolute Gasteiger partial charge is 0.444 e. The van der Waals surface area contributed by atoms with Crippen LogP contribution in [0, 0.1) is 0 Å². The Labute approximate surface area is 104 Å². The minimum absolute atomic E-state index is 0.175. The van der Waals surface area contributed by atoms with E-state index in [1.807, 2.05) is 30.3 Å². The molecular weight excluding hydrogens is 233 g/mol. The Morgan fingerprint density at radius 1 is 1.22 bits per heavy atom. The fourth-order valence-electron chi connectivity index (χ4n) is 1.47. The van der Waals surface area contributed by atoms with Crippen molar-refractivity contribution in [2.45, 2.75) is 6.61 Å². The summed E-state index contributed by atoms with van der Waals surface area (Å²) in [6, 6.07) is 10.7. The Balaban J connectivity index is 1.95. The van der Waals surface area contributed by atoms with Crippen LogP contribution >= 0.6 is 0 Å². The Morgan fingerprint density at radius 3 is 2.56 bits per heavy atom. The normalized spacial score (nSPS) is 10.1. The van der Waals surface area contributed by atoms with Gasteiger partial charge in [0.15, 0.2) is 0 Å². The fourth-order valence-corrected chi connectivity index (χ4v) is 1.47. The van der Waals surface area contributed by atoms with Gasteiger partial charge in [0.2, 0.25) is 0 Å². The lowest BCUT2D eigenvalue weighted by atomic mass is 9.83. The van der Waals surface area contributed by atoms with Crippen LogP contribution in [0.25, 0.3) is 0 Å². The summed E-state index contributed by atoms with van der Waals surface area (Å²) in [7, 11) is -1.59. The molecule has 1 aromatic carbocycles. The predicted octanol–water partition coefficient (Wildman–Crippen LogP) is 0.353. The summed E-state index contributed by atoms with van der Waals surface area (Å²) >= 11 is 0. The summed E-state index contributed by atoms with van der Waals surface area (Å²) in [5.74, 6) is 0. The number of hydrogen-bond acceptors (Lipinski definition) is 4. The van der Waals surface area contributed by atoms with Gasteiger partial charge in [0.25, 0.3) is 0 Å². The van der Waals surface area contributed by atoms with Gasteiger partial charge in [-0.25, -0.2) is 4.79 Å². The number of ether oxygens (including phenoxy) is 1. The summed E-state index contributed by atoms with van der Waals surface area (Å²) in [6.45, 7) is 0.175. The Bertz CT molecular complexity index is 524. The molecule has 0 aliphatic rings. The van der Waals surface area contributed by atoms with Gasteiger partial charge in [0.05, 0.1) is 0 Å². The van der Waals surface area contributed by atoms with E-state index in [4.69, 9.17) is 14.8 Å². The highest BCUT2D eigenvalue weighted by Crippen LogP contribution is 2.02. The SMILES string of the molecule is O=C(OCc1ccccc1)n1ccc(B(O)O)c1. The molecule has 0 atom stereocenters. The number of carbonyl (C=O) groups excluding carboxylic acids is 1. The highest BCUT2D eigenvalue weighted by atomic mass is 16.5. The molecule has 0 amide bonds. The van der Waals surface area contributed by atoms with Crippen LogP contribution in [-0.4, -0.2) is 27.8 Å². The maximum Gasteiger partial charge on any atom is 0.490 e. The molecule has 1 aromatic heterocycles. The van der Waals surface area contributed by atoms with Crippen LogP contribution in [0.5, 0.6) is 0 Å². The van der Waals surface area contributed by atoms with Crippen LogP contribution < -0.4 is 5.46 Å². The van der Waals surface area contributed by atoms with E-state index in [1.54, 1.807) is 0 Å².